The molecule has 1 fully saturated rings. The number of nitrogens with one attached hydrogen (secondary N) is 2. The van der Waals surface area contributed by atoms with Crippen LogP contribution in [0.3, 0.4) is 0 Å². The van der Waals surface area contributed by atoms with Gasteiger partial charge in [-0.15, -0.1) is 0 Å². The van der Waals surface area contributed by atoms with Gasteiger partial charge >= 0.3 is 0 Å². The monoisotopic (exact) mass is 392 g/mol. The molecule has 122 valence electrons. The van der Waals surface area contributed by atoms with Gasteiger partial charge in [-0.25, -0.2) is 0 Å². The third-order valence-corrected chi connectivity index (χ3v) is 5.25. The van der Waals surface area contributed by atoms with Crippen LogP contribution >= 0.6 is 27.3 Å². The minimum Gasteiger partial charge on any atom is -0.369 e. The second kappa shape index (κ2) is 7.84. The van der Waals surface area contributed by atoms with E-state index in [1.54, 1.807) is 11.3 Å². The smallest absolute Gasteiger partial charge is 0.191 e. The Hall–Kier alpha value is -1.53. The zero-order valence-corrected chi connectivity index (χ0v) is 15.5. The topological polar surface area (TPSA) is 39.7 Å². The van der Waals surface area contributed by atoms with E-state index in [2.05, 4.69) is 77.5 Å². The SMILES string of the molecule is CN=C(NCc1ccsc1)NC1CCN(c2ccc(Br)cc2)C1. The fourth-order valence-electron chi connectivity index (χ4n) is 2.73. The summed E-state index contributed by atoms with van der Waals surface area (Å²) in [5, 5.41) is 11.2. The Bertz CT molecular complexity index is 639. The molecule has 1 atom stereocenters. The predicted molar refractivity (Wildman–Crippen MR) is 102 cm³/mol. The Morgan fingerprint density at radius 2 is 2.17 bits per heavy atom. The van der Waals surface area contributed by atoms with Crippen molar-refractivity contribution in [3.8, 4) is 0 Å². The second-order valence-corrected chi connectivity index (χ2v) is 7.31. The van der Waals surface area contributed by atoms with Gasteiger partial charge < -0.3 is 15.5 Å². The molecule has 23 heavy (non-hydrogen) atoms. The van der Waals surface area contributed by atoms with Crippen molar-refractivity contribution in [3.05, 3.63) is 51.1 Å². The number of nitrogens with zero attached hydrogens (tertiary/aromatic N) is 2. The summed E-state index contributed by atoms with van der Waals surface area (Å²) in [7, 11) is 1.82. The lowest BCUT2D eigenvalue weighted by atomic mass is 10.2. The number of anilines is 1. The minimum absolute atomic E-state index is 0.423. The lowest BCUT2D eigenvalue weighted by molar-refractivity contribution is 0.649. The van der Waals surface area contributed by atoms with Gasteiger partial charge in [-0.2, -0.15) is 11.3 Å². The van der Waals surface area contributed by atoms with Crippen LogP contribution in [0.1, 0.15) is 12.0 Å². The first-order valence-corrected chi connectivity index (χ1v) is 9.47. The molecule has 1 unspecified atom stereocenters. The summed E-state index contributed by atoms with van der Waals surface area (Å²) >= 11 is 5.21. The predicted octanol–water partition coefficient (Wildman–Crippen LogP) is 3.45. The molecule has 3 rings (SSSR count). The lowest BCUT2D eigenvalue weighted by Crippen LogP contribution is -2.44. The average Bonchev–Trinajstić information content (AvgIpc) is 3.24. The zero-order valence-electron chi connectivity index (χ0n) is 13.1. The van der Waals surface area contributed by atoms with Crippen LogP contribution in [0.4, 0.5) is 5.69 Å². The van der Waals surface area contributed by atoms with E-state index in [4.69, 9.17) is 0 Å². The Kier molecular flexibility index (Phi) is 5.56. The Morgan fingerprint density at radius 1 is 1.35 bits per heavy atom. The van der Waals surface area contributed by atoms with Gasteiger partial charge in [0.2, 0.25) is 0 Å². The van der Waals surface area contributed by atoms with Crippen molar-refractivity contribution in [1.82, 2.24) is 10.6 Å². The molecule has 1 aromatic heterocycles. The van der Waals surface area contributed by atoms with E-state index < -0.39 is 0 Å². The molecule has 6 heteroatoms. The van der Waals surface area contributed by atoms with Crippen LogP contribution in [0.5, 0.6) is 0 Å². The number of guanidine groups is 1. The van der Waals surface area contributed by atoms with Gasteiger partial charge in [-0.1, -0.05) is 15.9 Å². The number of aliphatic imine (C=N–C) groups is 1. The Balaban J connectivity index is 1.51. The van der Waals surface area contributed by atoms with E-state index in [0.29, 0.717) is 6.04 Å². The van der Waals surface area contributed by atoms with E-state index in [0.717, 1.165) is 36.5 Å². The fourth-order valence-corrected chi connectivity index (χ4v) is 3.66. The normalized spacial score (nSPS) is 18.3. The van der Waals surface area contributed by atoms with Crippen LogP contribution in [-0.2, 0) is 6.54 Å². The average molecular weight is 393 g/mol. The maximum Gasteiger partial charge on any atom is 0.191 e. The van der Waals surface area contributed by atoms with Crippen LogP contribution in [0.25, 0.3) is 0 Å². The van der Waals surface area contributed by atoms with Crippen LogP contribution in [0.15, 0.2) is 50.6 Å². The molecule has 0 aliphatic carbocycles. The van der Waals surface area contributed by atoms with E-state index in [1.807, 2.05) is 7.05 Å². The van der Waals surface area contributed by atoms with E-state index in [9.17, 15) is 0 Å². The molecule has 2 N–H and O–H groups in total. The number of thiophene rings is 1. The molecule has 2 heterocycles. The van der Waals surface area contributed by atoms with Crippen molar-refractivity contribution in [2.24, 2.45) is 4.99 Å². The third kappa shape index (κ3) is 4.48. The first kappa shape index (κ1) is 16.3. The van der Waals surface area contributed by atoms with Crippen LogP contribution < -0.4 is 15.5 Å². The van der Waals surface area contributed by atoms with Crippen molar-refractivity contribution in [3.63, 3.8) is 0 Å². The van der Waals surface area contributed by atoms with Gasteiger partial charge in [0, 0.05) is 42.9 Å². The summed E-state index contributed by atoms with van der Waals surface area (Å²) in [6, 6.07) is 11.1. The number of benzene rings is 1. The Labute approximate surface area is 149 Å². The first-order valence-electron chi connectivity index (χ1n) is 7.73. The minimum atomic E-state index is 0.423. The van der Waals surface area contributed by atoms with Crippen LogP contribution in [0.2, 0.25) is 0 Å². The second-order valence-electron chi connectivity index (χ2n) is 5.61. The highest BCUT2D eigenvalue weighted by atomic mass is 79.9. The quantitative estimate of drug-likeness (QED) is 0.618. The van der Waals surface area contributed by atoms with Gasteiger partial charge in [0.1, 0.15) is 0 Å². The summed E-state index contributed by atoms with van der Waals surface area (Å²) < 4.78 is 1.12. The maximum absolute atomic E-state index is 4.33. The summed E-state index contributed by atoms with van der Waals surface area (Å²) in [6.45, 7) is 2.88. The highest BCUT2D eigenvalue weighted by molar-refractivity contribution is 9.10. The molecule has 0 amide bonds. The first-order chi connectivity index (χ1) is 11.2. The number of hydrogen-bond acceptors (Lipinski definition) is 3. The van der Waals surface area contributed by atoms with Gasteiger partial charge in [0.15, 0.2) is 5.96 Å². The number of halogens is 1. The molecule has 0 saturated carbocycles. The Morgan fingerprint density at radius 3 is 2.87 bits per heavy atom. The standard InChI is InChI=1S/C17H21BrN4S/c1-19-17(20-10-13-7-9-23-12-13)21-15-6-8-22(11-15)16-4-2-14(18)3-5-16/h2-5,7,9,12,15H,6,8,10-11H2,1H3,(H2,19,20,21). The van der Waals surface area contributed by atoms with Gasteiger partial charge in [-0.05, 0) is 53.1 Å². The molecule has 0 bridgehead atoms. The van der Waals surface area contributed by atoms with Crippen molar-refractivity contribution in [2.75, 3.05) is 25.0 Å². The van der Waals surface area contributed by atoms with E-state index >= 15 is 0 Å². The molecular weight excluding hydrogens is 372 g/mol. The van der Waals surface area contributed by atoms with Gasteiger partial charge in [-0.3, -0.25) is 4.99 Å². The summed E-state index contributed by atoms with van der Waals surface area (Å²) in [5.41, 5.74) is 2.57. The van der Waals surface area contributed by atoms with Crippen LogP contribution in [-0.4, -0.2) is 32.1 Å². The molecule has 1 aromatic carbocycles. The number of hydrogen-bond donors (Lipinski definition) is 2. The molecule has 0 spiro atoms. The fraction of sp³-hybridized carbons (Fsp3) is 0.353. The van der Waals surface area contributed by atoms with Gasteiger partial charge in [0.25, 0.3) is 0 Å². The lowest BCUT2D eigenvalue weighted by Gasteiger charge is -2.20. The van der Waals surface area contributed by atoms with Crippen molar-refractivity contribution >= 4 is 38.9 Å². The maximum atomic E-state index is 4.33. The molecule has 0 radical (unpaired) electrons. The third-order valence-electron chi connectivity index (χ3n) is 3.98. The van der Waals surface area contributed by atoms with Crippen LogP contribution in [0, 0.1) is 0 Å². The molecular formula is C17H21BrN4S. The van der Waals surface area contributed by atoms with Crippen molar-refractivity contribution < 1.29 is 0 Å². The summed E-state index contributed by atoms with van der Waals surface area (Å²) in [5.74, 6) is 0.874. The van der Waals surface area contributed by atoms with Crippen molar-refractivity contribution in [1.29, 1.82) is 0 Å². The summed E-state index contributed by atoms with van der Waals surface area (Å²) in [6.07, 6.45) is 1.12. The molecule has 2 aromatic rings. The van der Waals surface area contributed by atoms with Crippen molar-refractivity contribution in [2.45, 2.75) is 19.0 Å². The molecule has 1 saturated heterocycles. The zero-order chi connectivity index (χ0) is 16.1. The van der Waals surface area contributed by atoms with E-state index in [-0.39, 0.29) is 0 Å². The van der Waals surface area contributed by atoms with E-state index in [1.165, 1.54) is 11.3 Å². The molecule has 1 aliphatic heterocycles. The highest BCUT2D eigenvalue weighted by Crippen LogP contribution is 2.22. The summed E-state index contributed by atoms with van der Waals surface area (Å²) in [4.78, 5) is 6.75. The molecule has 4 nitrogen and oxygen atoms in total. The largest absolute Gasteiger partial charge is 0.369 e. The number of rotatable bonds is 4. The van der Waals surface area contributed by atoms with Gasteiger partial charge in [0.05, 0.1) is 0 Å². The highest BCUT2D eigenvalue weighted by Gasteiger charge is 2.23. The molecule has 1 aliphatic rings.